The van der Waals surface area contributed by atoms with Crippen molar-refractivity contribution in [1.82, 2.24) is 0 Å². The van der Waals surface area contributed by atoms with Gasteiger partial charge in [-0.25, -0.2) is 8.42 Å². The van der Waals surface area contributed by atoms with E-state index in [4.69, 9.17) is 16.3 Å². The molecule has 0 atom stereocenters. The molecular formula is C21H19ClN2O4S. The first kappa shape index (κ1) is 20.7. The van der Waals surface area contributed by atoms with Gasteiger partial charge in [-0.2, -0.15) is 0 Å². The number of benzene rings is 3. The second kappa shape index (κ2) is 8.55. The van der Waals surface area contributed by atoms with Crippen molar-refractivity contribution in [2.75, 3.05) is 17.1 Å². The lowest BCUT2D eigenvalue weighted by Crippen LogP contribution is -2.14. The van der Waals surface area contributed by atoms with Crippen LogP contribution >= 0.6 is 11.6 Å². The first-order valence-corrected chi connectivity index (χ1v) is 10.5. The highest BCUT2D eigenvalue weighted by atomic mass is 35.5. The fourth-order valence-corrected chi connectivity index (χ4v) is 3.79. The number of hydrogen-bond acceptors (Lipinski definition) is 4. The molecule has 0 aromatic heterocycles. The summed E-state index contributed by atoms with van der Waals surface area (Å²) in [6, 6.07) is 17.5. The van der Waals surface area contributed by atoms with Gasteiger partial charge in [-0.15, -0.1) is 0 Å². The standard InChI is InChI=1S/C21H19ClN2O4S/c1-14-6-7-17(13-20(14)22)24-29(26,27)19-10-8-16(9-11-19)23-21(25)15-4-3-5-18(12-15)28-2/h3-13,24H,1-2H3,(H,23,25). The minimum Gasteiger partial charge on any atom is -0.497 e. The molecule has 0 saturated carbocycles. The van der Waals surface area contributed by atoms with E-state index in [-0.39, 0.29) is 10.8 Å². The number of halogens is 1. The monoisotopic (exact) mass is 430 g/mol. The number of anilines is 2. The summed E-state index contributed by atoms with van der Waals surface area (Å²) in [5.41, 5.74) is 2.12. The SMILES string of the molecule is COc1cccc(C(=O)Nc2ccc(S(=O)(=O)Nc3ccc(C)c(Cl)c3)cc2)c1. The number of nitrogens with one attached hydrogen (secondary N) is 2. The van der Waals surface area contributed by atoms with Crippen LogP contribution in [0.15, 0.2) is 71.6 Å². The zero-order valence-electron chi connectivity index (χ0n) is 15.8. The molecule has 0 heterocycles. The number of hydrogen-bond donors (Lipinski definition) is 2. The molecule has 0 unspecified atom stereocenters. The smallest absolute Gasteiger partial charge is 0.261 e. The van der Waals surface area contributed by atoms with Crippen molar-refractivity contribution in [3.05, 3.63) is 82.9 Å². The van der Waals surface area contributed by atoms with E-state index in [1.807, 2.05) is 6.92 Å². The van der Waals surface area contributed by atoms with Crippen molar-refractivity contribution in [2.45, 2.75) is 11.8 Å². The molecule has 2 N–H and O–H groups in total. The molecule has 3 rings (SSSR count). The molecule has 3 aromatic rings. The average Bonchev–Trinajstić information content (AvgIpc) is 2.71. The molecule has 0 bridgehead atoms. The second-order valence-electron chi connectivity index (χ2n) is 6.28. The van der Waals surface area contributed by atoms with Crippen LogP contribution in [0.1, 0.15) is 15.9 Å². The van der Waals surface area contributed by atoms with Crippen LogP contribution in [-0.4, -0.2) is 21.4 Å². The fraction of sp³-hybridized carbons (Fsp3) is 0.0952. The van der Waals surface area contributed by atoms with Crippen molar-refractivity contribution in [3.63, 3.8) is 0 Å². The molecule has 0 aliphatic rings. The number of sulfonamides is 1. The molecule has 29 heavy (non-hydrogen) atoms. The Hall–Kier alpha value is -3.03. The van der Waals surface area contributed by atoms with Gasteiger partial charge in [0, 0.05) is 16.3 Å². The Kier molecular flexibility index (Phi) is 6.10. The van der Waals surface area contributed by atoms with Crippen LogP contribution in [0.4, 0.5) is 11.4 Å². The van der Waals surface area contributed by atoms with E-state index >= 15 is 0 Å². The van der Waals surface area contributed by atoms with Crippen LogP contribution in [0.5, 0.6) is 5.75 Å². The Balaban J connectivity index is 1.73. The molecule has 0 aliphatic carbocycles. The second-order valence-corrected chi connectivity index (χ2v) is 8.37. The lowest BCUT2D eigenvalue weighted by molar-refractivity contribution is 0.102. The number of ether oxygens (including phenoxy) is 1. The summed E-state index contributed by atoms with van der Waals surface area (Å²) < 4.78 is 32.7. The third-order valence-corrected chi connectivity index (χ3v) is 5.98. The van der Waals surface area contributed by atoms with Gasteiger partial charge in [-0.1, -0.05) is 23.7 Å². The number of aryl methyl sites for hydroxylation is 1. The van der Waals surface area contributed by atoms with E-state index in [1.54, 1.807) is 42.5 Å². The Morgan fingerprint density at radius 1 is 0.966 bits per heavy atom. The number of carbonyl (C=O) groups excluding carboxylic acids is 1. The maximum absolute atomic E-state index is 12.6. The Morgan fingerprint density at radius 2 is 1.66 bits per heavy atom. The number of amides is 1. The molecule has 0 spiro atoms. The zero-order chi connectivity index (χ0) is 21.0. The molecule has 8 heteroatoms. The van der Waals surface area contributed by atoms with E-state index in [9.17, 15) is 13.2 Å². The normalized spacial score (nSPS) is 11.0. The lowest BCUT2D eigenvalue weighted by atomic mass is 10.2. The van der Waals surface area contributed by atoms with Gasteiger partial charge >= 0.3 is 0 Å². The molecule has 3 aromatic carbocycles. The van der Waals surface area contributed by atoms with E-state index in [2.05, 4.69) is 10.0 Å². The molecule has 0 aliphatic heterocycles. The predicted octanol–water partition coefficient (Wildman–Crippen LogP) is 4.71. The van der Waals surface area contributed by atoms with E-state index in [0.29, 0.717) is 27.7 Å². The highest BCUT2D eigenvalue weighted by molar-refractivity contribution is 7.92. The highest BCUT2D eigenvalue weighted by Crippen LogP contribution is 2.23. The largest absolute Gasteiger partial charge is 0.497 e. The molecule has 150 valence electrons. The maximum Gasteiger partial charge on any atom is 0.261 e. The first-order chi connectivity index (χ1) is 13.8. The molecular weight excluding hydrogens is 412 g/mol. The van der Waals surface area contributed by atoms with Crippen molar-refractivity contribution < 1.29 is 17.9 Å². The van der Waals surface area contributed by atoms with Gasteiger partial charge < -0.3 is 10.1 Å². The topological polar surface area (TPSA) is 84.5 Å². The summed E-state index contributed by atoms with van der Waals surface area (Å²) in [5.74, 6) is 0.244. The number of rotatable bonds is 6. The first-order valence-electron chi connectivity index (χ1n) is 8.63. The minimum absolute atomic E-state index is 0.0635. The lowest BCUT2D eigenvalue weighted by Gasteiger charge is -2.11. The molecule has 1 amide bonds. The summed E-state index contributed by atoms with van der Waals surface area (Å²) in [6.45, 7) is 1.83. The third-order valence-electron chi connectivity index (χ3n) is 4.18. The van der Waals surface area contributed by atoms with Crippen LogP contribution in [0.25, 0.3) is 0 Å². The summed E-state index contributed by atoms with van der Waals surface area (Å²) in [4.78, 5) is 12.4. The summed E-state index contributed by atoms with van der Waals surface area (Å²) >= 11 is 6.04. The van der Waals surface area contributed by atoms with Crippen LogP contribution in [0, 0.1) is 6.92 Å². The van der Waals surface area contributed by atoms with Crippen LogP contribution < -0.4 is 14.8 Å². The Labute approximate surface area is 174 Å². The van der Waals surface area contributed by atoms with Crippen LogP contribution in [0.3, 0.4) is 0 Å². The van der Waals surface area contributed by atoms with Crippen molar-refractivity contribution in [3.8, 4) is 5.75 Å². The van der Waals surface area contributed by atoms with Gasteiger partial charge in [0.25, 0.3) is 15.9 Å². The number of methoxy groups -OCH3 is 1. The third kappa shape index (κ3) is 5.07. The summed E-state index contributed by atoms with van der Waals surface area (Å²) in [6.07, 6.45) is 0. The van der Waals surface area contributed by atoms with Crippen molar-refractivity contribution >= 4 is 38.9 Å². The minimum atomic E-state index is -3.79. The summed E-state index contributed by atoms with van der Waals surface area (Å²) in [5, 5.41) is 3.20. The Morgan fingerprint density at radius 3 is 2.31 bits per heavy atom. The molecule has 0 saturated heterocycles. The van der Waals surface area contributed by atoms with E-state index < -0.39 is 10.0 Å². The van der Waals surface area contributed by atoms with Gasteiger partial charge in [0.2, 0.25) is 0 Å². The van der Waals surface area contributed by atoms with E-state index in [1.165, 1.54) is 31.4 Å². The van der Waals surface area contributed by atoms with Gasteiger partial charge in [0.05, 0.1) is 17.7 Å². The van der Waals surface area contributed by atoms with Crippen LogP contribution in [-0.2, 0) is 10.0 Å². The quantitative estimate of drug-likeness (QED) is 0.593. The Bertz CT molecular complexity index is 1150. The average molecular weight is 431 g/mol. The van der Waals surface area contributed by atoms with Gasteiger partial charge in [-0.05, 0) is 67.1 Å². The number of carbonyl (C=O) groups is 1. The zero-order valence-corrected chi connectivity index (χ0v) is 17.3. The molecule has 6 nitrogen and oxygen atoms in total. The molecule has 0 fully saturated rings. The predicted molar refractivity (Wildman–Crippen MR) is 114 cm³/mol. The fourth-order valence-electron chi connectivity index (χ4n) is 2.56. The van der Waals surface area contributed by atoms with Gasteiger partial charge in [0.15, 0.2) is 0 Å². The van der Waals surface area contributed by atoms with Gasteiger partial charge in [-0.3, -0.25) is 9.52 Å². The van der Waals surface area contributed by atoms with Crippen molar-refractivity contribution in [1.29, 1.82) is 0 Å². The van der Waals surface area contributed by atoms with Crippen LogP contribution in [0.2, 0.25) is 5.02 Å². The maximum atomic E-state index is 12.6. The summed E-state index contributed by atoms with van der Waals surface area (Å²) in [7, 11) is -2.26. The van der Waals surface area contributed by atoms with E-state index in [0.717, 1.165) is 5.56 Å². The highest BCUT2D eigenvalue weighted by Gasteiger charge is 2.15. The van der Waals surface area contributed by atoms with Crippen molar-refractivity contribution in [2.24, 2.45) is 0 Å². The molecule has 0 radical (unpaired) electrons. The van der Waals surface area contributed by atoms with Gasteiger partial charge in [0.1, 0.15) is 5.75 Å².